The van der Waals surface area contributed by atoms with Crippen molar-refractivity contribution in [3.05, 3.63) is 35.9 Å². The summed E-state index contributed by atoms with van der Waals surface area (Å²) in [6.45, 7) is 2.12. The number of ether oxygens (including phenoxy) is 1. The largest absolute Gasteiger partial charge is 0.466 e. The molecule has 2 N–H and O–H groups in total. The molecule has 4 nitrogen and oxygen atoms in total. The molecule has 1 aliphatic rings. The molecule has 2 atom stereocenters. The van der Waals surface area contributed by atoms with Crippen molar-refractivity contribution >= 4 is 23.5 Å². The summed E-state index contributed by atoms with van der Waals surface area (Å²) in [5.74, 6) is -0.756. The fraction of sp³-hybridized carbons (Fsp3) is 0.333. The topological polar surface area (TPSA) is 69.4 Å². The summed E-state index contributed by atoms with van der Waals surface area (Å²) in [5.41, 5.74) is 7.19. The predicted octanol–water partition coefficient (Wildman–Crippen LogP) is 2.05. The maximum Gasteiger partial charge on any atom is 0.309 e. The van der Waals surface area contributed by atoms with Crippen LogP contribution in [0.2, 0.25) is 0 Å². The molecule has 0 bridgehead atoms. The Kier molecular flexibility index (Phi) is 4.00. The molecule has 0 aromatic heterocycles. The standard InChI is InChI=1S/C15H17NO3/c1-2-19-15(18)13-9-12(13)14(17)7-6-10-4-3-5-11(16)8-10/h3-8,12-13H,2,9,16H2,1H3/b7-6+/t12-,13-/m0/s1. The van der Waals surface area contributed by atoms with Crippen molar-refractivity contribution in [3.63, 3.8) is 0 Å². The van der Waals surface area contributed by atoms with Gasteiger partial charge in [0.05, 0.1) is 12.5 Å². The minimum Gasteiger partial charge on any atom is -0.466 e. The number of nitrogen functional groups attached to an aromatic ring is 1. The third kappa shape index (κ3) is 3.44. The van der Waals surface area contributed by atoms with Gasteiger partial charge < -0.3 is 10.5 Å². The number of hydrogen-bond acceptors (Lipinski definition) is 4. The Morgan fingerprint density at radius 1 is 1.42 bits per heavy atom. The Hall–Kier alpha value is -2.10. The lowest BCUT2D eigenvalue weighted by Gasteiger charge is -1.99. The van der Waals surface area contributed by atoms with Gasteiger partial charge in [-0.2, -0.15) is 0 Å². The first-order chi connectivity index (χ1) is 9.11. The van der Waals surface area contributed by atoms with E-state index in [9.17, 15) is 9.59 Å². The van der Waals surface area contributed by atoms with Gasteiger partial charge in [-0.15, -0.1) is 0 Å². The van der Waals surface area contributed by atoms with E-state index in [1.54, 1.807) is 25.1 Å². The average molecular weight is 259 g/mol. The van der Waals surface area contributed by atoms with Crippen molar-refractivity contribution < 1.29 is 14.3 Å². The summed E-state index contributed by atoms with van der Waals surface area (Å²) in [6.07, 6.45) is 3.83. The molecule has 0 aliphatic heterocycles. The molecule has 2 rings (SSSR count). The molecule has 19 heavy (non-hydrogen) atoms. The van der Waals surface area contributed by atoms with E-state index >= 15 is 0 Å². The molecule has 1 aromatic rings. The zero-order valence-electron chi connectivity index (χ0n) is 10.8. The SMILES string of the molecule is CCOC(=O)[C@H]1C[C@@H]1C(=O)/C=C/c1cccc(N)c1. The van der Waals surface area contributed by atoms with Crippen LogP contribution in [0, 0.1) is 11.8 Å². The van der Waals surface area contributed by atoms with E-state index in [0.717, 1.165) is 5.56 Å². The Balaban J connectivity index is 1.91. The molecule has 100 valence electrons. The van der Waals surface area contributed by atoms with Gasteiger partial charge in [0.25, 0.3) is 0 Å². The van der Waals surface area contributed by atoms with Gasteiger partial charge in [-0.05, 0) is 37.1 Å². The number of ketones is 1. The van der Waals surface area contributed by atoms with Crippen LogP contribution in [0.4, 0.5) is 5.69 Å². The smallest absolute Gasteiger partial charge is 0.309 e. The molecule has 4 heteroatoms. The second kappa shape index (κ2) is 5.69. The van der Waals surface area contributed by atoms with Crippen molar-refractivity contribution in [2.75, 3.05) is 12.3 Å². The van der Waals surface area contributed by atoms with E-state index in [2.05, 4.69) is 0 Å². The fourth-order valence-electron chi connectivity index (χ4n) is 1.98. The maximum atomic E-state index is 11.9. The number of esters is 1. The summed E-state index contributed by atoms with van der Waals surface area (Å²) in [5, 5.41) is 0. The number of allylic oxidation sites excluding steroid dienone is 1. The van der Waals surface area contributed by atoms with Gasteiger partial charge in [0.15, 0.2) is 5.78 Å². The van der Waals surface area contributed by atoms with Crippen molar-refractivity contribution in [1.82, 2.24) is 0 Å². The second-order valence-corrected chi connectivity index (χ2v) is 4.61. The Bertz CT molecular complexity index is 522. The Morgan fingerprint density at radius 3 is 2.89 bits per heavy atom. The lowest BCUT2D eigenvalue weighted by atomic mass is 10.1. The summed E-state index contributed by atoms with van der Waals surface area (Å²) in [4.78, 5) is 23.3. The minimum absolute atomic E-state index is 0.0273. The number of carbonyl (C=O) groups excluding carboxylic acids is 2. The molecule has 0 saturated heterocycles. The average Bonchev–Trinajstić information content (AvgIpc) is 3.17. The van der Waals surface area contributed by atoms with Crippen molar-refractivity contribution in [1.29, 1.82) is 0 Å². The molecule has 1 aliphatic carbocycles. The summed E-state index contributed by atoms with van der Waals surface area (Å²) in [6, 6.07) is 7.28. The van der Waals surface area contributed by atoms with E-state index in [-0.39, 0.29) is 23.6 Å². The van der Waals surface area contributed by atoms with Crippen LogP contribution in [0.15, 0.2) is 30.3 Å². The maximum absolute atomic E-state index is 11.9. The predicted molar refractivity (Wildman–Crippen MR) is 73.1 cm³/mol. The minimum atomic E-state index is -0.266. The second-order valence-electron chi connectivity index (χ2n) is 4.61. The molecular formula is C15H17NO3. The highest BCUT2D eigenvalue weighted by Gasteiger charge is 2.47. The monoisotopic (exact) mass is 259 g/mol. The molecule has 0 radical (unpaired) electrons. The van der Waals surface area contributed by atoms with Gasteiger partial charge in [0.2, 0.25) is 0 Å². The third-order valence-corrected chi connectivity index (χ3v) is 3.10. The molecule has 1 aromatic carbocycles. The molecule has 0 spiro atoms. The summed E-state index contributed by atoms with van der Waals surface area (Å²) >= 11 is 0. The van der Waals surface area contributed by atoms with Crippen LogP contribution in [-0.2, 0) is 14.3 Å². The summed E-state index contributed by atoms with van der Waals surface area (Å²) < 4.78 is 4.89. The lowest BCUT2D eigenvalue weighted by molar-refractivity contribution is -0.145. The highest BCUT2D eigenvalue weighted by Crippen LogP contribution is 2.40. The van der Waals surface area contributed by atoms with Crippen LogP contribution in [0.1, 0.15) is 18.9 Å². The number of benzene rings is 1. The zero-order chi connectivity index (χ0) is 13.8. The van der Waals surface area contributed by atoms with Crippen LogP contribution in [-0.4, -0.2) is 18.4 Å². The van der Waals surface area contributed by atoms with Gasteiger partial charge in [-0.1, -0.05) is 18.2 Å². The number of rotatable bonds is 5. The van der Waals surface area contributed by atoms with E-state index in [4.69, 9.17) is 10.5 Å². The zero-order valence-corrected chi connectivity index (χ0v) is 10.8. The van der Waals surface area contributed by atoms with Crippen LogP contribution in [0.25, 0.3) is 6.08 Å². The highest BCUT2D eigenvalue weighted by molar-refractivity contribution is 6.00. The number of nitrogens with two attached hydrogens (primary N) is 1. The molecule has 1 fully saturated rings. The van der Waals surface area contributed by atoms with Gasteiger partial charge in [-0.25, -0.2) is 0 Å². The van der Waals surface area contributed by atoms with Gasteiger partial charge in [-0.3, -0.25) is 9.59 Å². The lowest BCUT2D eigenvalue weighted by Crippen LogP contribution is -2.10. The first-order valence-corrected chi connectivity index (χ1v) is 6.36. The highest BCUT2D eigenvalue weighted by atomic mass is 16.5. The van der Waals surface area contributed by atoms with E-state index < -0.39 is 0 Å². The number of carbonyl (C=O) groups is 2. The first kappa shape index (κ1) is 13.3. The van der Waals surface area contributed by atoms with Crippen molar-refractivity contribution in [3.8, 4) is 0 Å². The Morgan fingerprint density at radius 2 is 2.21 bits per heavy atom. The normalized spacial score (nSPS) is 21.3. The van der Waals surface area contributed by atoms with Gasteiger partial charge in [0, 0.05) is 11.6 Å². The van der Waals surface area contributed by atoms with E-state index in [1.165, 1.54) is 6.08 Å². The Labute approximate surface area is 112 Å². The number of hydrogen-bond donors (Lipinski definition) is 1. The molecule has 1 saturated carbocycles. The molecule has 0 heterocycles. The van der Waals surface area contributed by atoms with Crippen LogP contribution >= 0.6 is 0 Å². The van der Waals surface area contributed by atoms with E-state index in [0.29, 0.717) is 18.7 Å². The first-order valence-electron chi connectivity index (χ1n) is 6.36. The van der Waals surface area contributed by atoms with Crippen molar-refractivity contribution in [2.45, 2.75) is 13.3 Å². The van der Waals surface area contributed by atoms with Gasteiger partial charge >= 0.3 is 5.97 Å². The third-order valence-electron chi connectivity index (χ3n) is 3.10. The summed E-state index contributed by atoms with van der Waals surface area (Å²) in [7, 11) is 0. The van der Waals surface area contributed by atoms with Crippen molar-refractivity contribution in [2.24, 2.45) is 11.8 Å². The number of anilines is 1. The molecule has 0 amide bonds. The van der Waals surface area contributed by atoms with E-state index in [1.807, 2.05) is 12.1 Å². The van der Waals surface area contributed by atoms with Gasteiger partial charge in [0.1, 0.15) is 0 Å². The van der Waals surface area contributed by atoms with Crippen LogP contribution < -0.4 is 5.73 Å². The fourth-order valence-corrected chi connectivity index (χ4v) is 1.98. The van der Waals surface area contributed by atoms with Crippen LogP contribution in [0.5, 0.6) is 0 Å². The van der Waals surface area contributed by atoms with Crippen LogP contribution in [0.3, 0.4) is 0 Å². The molecular weight excluding hydrogens is 242 g/mol. The molecule has 0 unspecified atom stereocenters. The quantitative estimate of drug-likeness (QED) is 0.499.